The van der Waals surface area contributed by atoms with Crippen LogP contribution in [0.15, 0.2) is 18.2 Å². The number of unbranched alkanes of at least 4 members (excludes halogenated alkanes) is 1. The number of nitrogens with two attached hydrogens (primary N) is 1. The van der Waals surface area contributed by atoms with Crippen LogP contribution in [0.2, 0.25) is 0 Å². The molecule has 2 rings (SSSR count). The van der Waals surface area contributed by atoms with Crippen molar-refractivity contribution in [3.8, 4) is 0 Å². The summed E-state index contributed by atoms with van der Waals surface area (Å²) in [6.07, 6.45) is 2.21. The van der Waals surface area contributed by atoms with Crippen LogP contribution in [0.5, 0.6) is 0 Å². The van der Waals surface area contributed by atoms with Crippen LogP contribution in [-0.2, 0) is 0 Å². The van der Waals surface area contributed by atoms with Gasteiger partial charge in [-0.15, -0.1) is 11.3 Å². The third kappa shape index (κ3) is 3.98. The van der Waals surface area contributed by atoms with Crippen molar-refractivity contribution in [2.45, 2.75) is 33.6 Å². The Morgan fingerprint density at radius 1 is 1.36 bits per heavy atom. The number of hydrogen-bond donors (Lipinski definition) is 3. The Morgan fingerprint density at radius 3 is 2.77 bits per heavy atom. The number of aromatic nitrogens is 1. The molecule has 118 valence electrons. The number of amides is 1. The molecule has 1 aromatic heterocycles. The van der Waals surface area contributed by atoms with E-state index in [1.54, 1.807) is 12.1 Å². The second-order valence-corrected chi connectivity index (χ2v) is 6.40. The molecule has 1 aromatic carbocycles. The Labute approximate surface area is 135 Å². The van der Waals surface area contributed by atoms with E-state index in [2.05, 4.69) is 22.5 Å². The summed E-state index contributed by atoms with van der Waals surface area (Å²) in [5.74, 6) is -0.231. The van der Waals surface area contributed by atoms with Crippen molar-refractivity contribution in [1.29, 1.82) is 0 Å². The lowest BCUT2D eigenvalue weighted by Gasteiger charge is -2.10. The highest BCUT2D eigenvalue weighted by Crippen LogP contribution is 2.24. The average molecular weight is 318 g/mol. The van der Waals surface area contributed by atoms with Crippen molar-refractivity contribution in [1.82, 2.24) is 4.98 Å². The highest BCUT2D eigenvalue weighted by molar-refractivity contribution is 7.15. The summed E-state index contributed by atoms with van der Waals surface area (Å²) in [5, 5.41) is 6.71. The number of nitrogens with one attached hydrogen (secondary N) is 2. The van der Waals surface area contributed by atoms with Gasteiger partial charge in [-0.05, 0) is 38.5 Å². The first kappa shape index (κ1) is 16.3. The summed E-state index contributed by atoms with van der Waals surface area (Å²) in [6.45, 7) is 6.93. The number of benzene rings is 1. The SMILES string of the molecule is CCCCNc1ccc(N)c(C(=O)Nc2nc(C)c(C)s2)c1. The molecule has 0 saturated carbocycles. The molecule has 0 aliphatic rings. The maximum Gasteiger partial charge on any atom is 0.259 e. The smallest absolute Gasteiger partial charge is 0.259 e. The summed E-state index contributed by atoms with van der Waals surface area (Å²) in [4.78, 5) is 17.8. The number of thiazole rings is 1. The summed E-state index contributed by atoms with van der Waals surface area (Å²) in [5.41, 5.74) is 8.69. The minimum atomic E-state index is -0.231. The molecule has 6 heteroatoms. The lowest BCUT2D eigenvalue weighted by atomic mass is 10.1. The number of nitrogen functional groups attached to an aromatic ring is 1. The molecule has 0 fully saturated rings. The molecular formula is C16H22N4OS. The van der Waals surface area contributed by atoms with E-state index in [-0.39, 0.29) is 5.91 Å². The van der Waals surface area contributed by atoms with E-state index >= 15 is 0 Å². The number of rotatable bonds is 6. The number of nitrogens with zero attached hydrogens (tertiary/aromatic N) is 1. The molecule has 0 atom stereocenters. The Hall–Kier alpha value is -2.08. The van der Waals surface area contributed by atoms with Crippen molar-refractivity contribution in [3.63, 3.8) is 0 Å². The van der Waals surface area contributed by atoms with E-state index in [0.29, 0.717) is 16.4 Å². The zero-order chi connectivity index (χ0) is 16.1. The molecule has 1 heterocycles. The molecule has 0 spiro atoms. The van der Waals surface area contributed by atoms with Crippen molar-refractivity contribution in [2.24, 2.45) is 0 Å². The van der Waals surface area contributed by atoms with E-state index in [1.807, 2.05) is 19.9 Å². The lowest BCUT2D eigenvalue weighted by Crippen LogP contribution is -2.14. The fraction of sp³-hybridized carbons (Fsp3) is 0.375. The van der Waals surface area contributed by atoms with Gasteiger partial charge in [-0.25, -0.2) is 4.98 Å². The molecule has 4 N–H and O–H groups in total. The molecule has 0 unspecified atom stereocenters. The van der Waals surface area contributed by atoms with Crippen molar-refractivity contribution < 1.29 is 4.79 Å². The number of aryl methyl sites for hydroxylation is 2. The van der Waals surface area contributed by atoms with Gasteiger partial charge in [0.25, 0.3) is 5.91 Å². The molecule has 0 bridgehead atoms. The van der Waals surface area contributed by atoms with Crippen LogP contribution in [0, 0.1) is 13.8 Å². The van der Waals surface area contributed by atoms with Crippen molar-refractivity contribution in [2.75, 3.05) is 22.9 Å². The van der Waals surface area contributed by atoms with Crippen LogP contribution < -0.4 is 16.4 Å². The Morgan fingerprint density at radius 2 is 2.14 bits per heavy atom. The van der Waals surface area contributed by atoms with Gasteiger partial charge in [-0.3, -0.25) is 10.1 Å². The molecule has 5 nitrogen and oxygen atoms in total. The average Bonchev–Trinajstić information content (AvgIpc) is 2.79. The van der Waals surface area contributed by atoms with Crippen molar-refractivity contribution >= 4 is 33.8 Å². The summed E-state index contributed by atoms with van der Waals surface area (Å²) < 4.78 is 0. The van der Waals surface area contributed by atoms with Crippen LogP contribution >= 0.6 is 11.3 Å². The van der Waals surface area contributed by atoms with E-state index in [1.165, 1.54) is 11.3 Å². The predicted molar refractivity (Wildman–Crippen MR) is 93.8 cm³/mol. The number of hydrogen-bond acceptors (Lipinski definition) is 5. The van der Waals surface area contributed by atoms with Gasteiger partial charge >= 0.3 is 0 Å². The number of anilines is 3. The highest BCUT2D eigenvalue weighted by atomic mass is 32.1. The first-order valence-electron chi connectivity index (χ1n) is 7.40. The number of carbonyl (C=O) groups is 1. The fourth-order valence-electron chi connectivity index (χ4n) is 1.96. The fourth-order valence-corrected chi connectivity index (χ4v) is 2.77. The zero-order valence-corrected chi connectivity index (χ0v) is 14.0. The van der Waals surface area contributed by atoms with E-state index in [9.17, 15) is 4.79 Å². The van der Waals surface area contributed by atoms with E-state index < -0.39 is 0 Å². The Balaban J connectivity index is 2.12. The summed E-state index contributed by atoms with van der Waals surface area (Å²) >= 11 is 1.46. The molecule has 0 saturated heterocycles. The number of carbonyl (C=O) groups excluding carboxylic acids is 1. The first-order chi connectivity index (χ1) is 10.5. The molecular weight excluding hydrogens is 296 g/mol. The zero-order valence-electron chi connectivity index (χ0n) is 13.2. The van der Waals surface area contributed by atoms with Gasteiger partial charge in [-0.1, -0.05) is 13.3 Å². The van der Waals surface area contributed by atoms with Gasteiger partial charge in [0.1, 0.15) is 0 Å². The Kier molecular flexibility index (Phi) is 5.38. The maximum atomic E-state index is 12.4. The molecule has 2 aromatic rings. The molecule has 22 heavy (non-hydrogen) atoms. The van der Waals surface area contributed by atoms with Gasteiger partial charge in [0.15, 0.2) is 5.13 Å². The molecule has 0 aliphatic heterocycles. The molecule has 0 aliphatic carbocycles. The van der Waals surface area contributed by atoms with Crippen LogP contribution in [0.4, 0.5) is 16.5 Å². The van der Waals surface area contributed by atoms with Gasteiger partial charge < -0.3 is 11.1 Å². The second-order valence-electron chi connectivity index (χ2n) is 5.20. The first-order valence-corrected chi connectivity index (χ1v) is 8.21. The lowest BCUT2D eigenvalue weighted by molar-refractivity contribution is 0.102. The molecule has 1 amide bonds. The quantitative estimate of drug-likeness (QED) is 0.559. The summed E-state index contributed by atoms with van der Waals surface area (Å²) in [7, 11) is 0. The van der Waals surface area contributed by atoms with Gasteiger partial charge in [0, 0.05) is 22.8 Å². The third-order valence-electron chi connectivity index (χ3n) is 3.41. The van der Waals surface area contributed by atoms with Crippen LogP contribution in [0.25, 0.3) is 0 Å². The predicted octanol–water partition coefficient (Wildman–Crippen LogP) is 3.81. The Bertz CT molecular complexity index is 647. The summed E-state index contributed by atoms with van der Waals surface area (Å²) in [6, 6.07) is 5.43. The largest absolute Gasteiger partial charge is 0.398 e. The molecule has 0 radical (unpaired) electrons. The second kappa shape index (κ2) is 7.26. The van der Waals surface area contributed by atoms with Gasteiger partial charge in [0.2, 0.25) is 0 Å². The van der Waals surface area contributed by atoms with Crippen LogP contribution in [-0.4, -0.2) is 17.4 Å². The topological polar surface area (TPSA) is 80.0 Å². The maximum absolute atomic E-state index is 12.4. The monoisotopic (exact) mass is 318 g/mol. The van der Waals surface area contributed by atoms with Gasteiger partial charge in [-0.2, -0.15) is 0 Å². The van der Waals surface area contributed by atoms with E-state index in [0.717, 1.165) is 35.6 Å². The van der Waals surface area contributed by atoms with E-state index in [4.69, 9.17) is 5.73 Å². The van der Waals surface area contributed by atoms with Crippen LogP contribution in [0.1, 0.15) is 40.7 Å². The standard InChI is InChI=1S/C16H22N4OS/c1-4-5-8-18-12-6-7-14(17)13(9-12)15(21)20-16-19-10(2)11(3)22-16/h6-7,9,18H,4-5,8,17H2,1-3H3,(H,19,20,21). The minimum Gasteiger partial charge on any atom is -0.398 e. The van der Waals surface area contributed by atoms with Crippen LogP contribution in [0.3, 0.4) is 0 Å². The minimum absolute atomic E-state index is 0.231. The normalized spacial score (nSPS) is 10.5. The van der Waals surface area contributed by atoms with Crippen molar-refractivity contribution in [3.05, 3.63) is 34.3 Å². The highest BCUT2D eigenvalue weighted by Gasteiger charge is 2.13. The third-order valence-corrected chi connectivity index (χ3v) is 4.39. The van der Waals surface area contributed by atoms with Gasteiger partial charge in [0.05, 0.1) is 11.3 Å².